The minimum absolute atomic E-state index is 0.0510. The number of ether oxygens (including phenoxy) is 1. The van der Waals surface area contributed by atoms with Crippen molar-refractivity contribution < 1.29 is 9.53 Å². The number of carbonyl (C=O) groups is 1. The fourth-order valence-corrected chi connectivity index (χ4v) is 2.54. The SMILES string of the molecule is CCN1CCC(CNC(=O)C2(N)CCOC2)C1. The first-order valence-electron chi connectivity index (χ1n) is 6.51. The molecule has 2 rings (SSSR count). The van der Waals surface area contributed by atoms with Gasteiger partial charge in [0.05, 0.1) is 6.61 Å². The van der Waals surface area contributed by atoms with Crippen LogP contribution in [0.15, 0.2) is 0 Å². The third-order valence-corrected chi connectivity index (χ3v) is 3.87. The molecule has 0 aromatic heterocycles. The van der Waals surface area contributed by atoms with E-state index < -0.39 is 5.54 Å². The van der Waals surface area contributed by atoms with Gasteiger partial charge in [0.15, 0.2) is 0 Å². The van der Waals surface area contributed by atoms with E-state index in [4.69, 9.17) is 10.5 Å². The second-order valence-corrected chi connectivity index (χ2v) is 5.22. The summed E-state index contributed by atoms with van der Waals surface area (Å²) in [5.41, 5.74) is 5.20. The highest BCUT2D eigenvalue weighted by Crippen LogP contribution is 2.17. The third kappa shape index (κ3) is 2.97. The van der Waals surface area contributed by atoms with E-state index in [1.54, 1.807) is 0 Å². The standard InChI is InChI=1S/C12H23N3O2/c1-2-15-5-3-10(8-15)7-14-11(16)12(13)4-6-17-9-12/h10H,2-9,13H2,1H3,(H,14,16). The van der Waals surface area contributed by atoms with Crippen molar-refractivity contribution in [2.75, 3.05) is 39.4 Å². The zero-order chi connectivity index (χ0) is 12.3. The molecule has 5 heteroatoms. The van der Waals surface area contributed by atoms with Crippen molar-refractivity contribution in [3.05, 3.63) is 0 Å². The summed E-state index contributed by atoms with van der Waals surface area (Å²) < 4.78 is 5.19. The fourth-order valence-electron chi connectivity index (χ4n) is 2.54. The Morgan fingerprint density at radius 3 is 3.06 bits per heavy atom. The van der Waals surface area contributed by atoms with E-state index in [0.717, 1.165) is 26.2 Å². The van der Waals surface area contributed by atoms with Gasteiger partial charge in [-0.1, -0.05) is 6.92 Å². The van der Waals surface area contributed by atoms with Crippen LogP contribution in [-0.2, 0) is 9.53 Å². The van der Waals surface area contributed by atoms with Crippen molar-refractivity contribution in [2.24, 2.45) is 11.7 Å². The predicted molar refractivity (Wildman–Crippen MR) is 65.6 cm³/mol. The lowest BCUT2D eigenvalue weighted by Gasteiger charge is -2.22. The number of carbonyl (C=O) groups excluding carboxylic acids is 1. The number of nitrogens with two attached hydrogens (primary N) is 1. The minimum Gasteiger partial charge on any atom is -0.379 e. The highest BCUT2D eigenvalue weighted by atomic mass is 16.5. The van der Waals surface area contributed by atoms with Crippen molar-refractivity contribution in [1.82, 2.24) is 10.2 Å². The largest absolute Gasteiger partial charge is 0.379 e. The summed E-state index contributed by atoms with van der Waals surface area (Å²) >= 11 is 0. The maximum Gasteiger partial charge on any atom is 0.242 e. The van der Waals surface area contributed by atoms with E-state index in [0.29, 0.717) is 25.6 Å². The molecule has 0 aromatic carbocycles. The van der Waals surface area contributed by atoms with Gasteiger partial charge in [-0.3, -0.25) is 4.79 Å². The summed E-state index contributed by atoms with van der Waals surface area (Å²) in [6.45, 7) is 7.19. The van der Waals surface area contributed by atoms with Crippen LogP contribution in [0, 0.1) is 5.92 Å². The number of amides is 1. The average Bonchev–Trinajstić information content (AvgIpc) is 2.95. The van der Waals surface area contributed by atoms with Gasteiger partial charge in [0.1, 0.15) is 5.54 Å². The molecule has 98 valence electrons. The van der Waals surface area contributed by atoms with Gasteiger partial charge < -0.3 is 20.7 Å². The molecule has 3 N–H and O–H groups in total. The Morgan fingerprint density at radius 2 is 2.47 bits per heavy atom. The number of nitrogens with one attached hydrogen (secondary N) is 1. The Hall–Kier alpha value is -0.650. The molecule has 2 unspecified atom stereocenters. The lowest BCUT2D eigenvalue weighted by Crippen LogP contribution is -2.55. The maximum absolute atomic E-state index is 11.9. The quantitative estimate of drug-likeness (QED) is 0.700. The van der Waals surface area contributed by atoms with Gasteiger partial charge in [0.25, 0.3) is 0 Å². The van der Waals surface area contributed by atoms with Crippen molar-refractivity contribution in [2.45, 2.75) is 25.3 Å². The van der Waals surface area contributed by atoms with Crippen molar-refractivity contribution >= 4 is 5.91 Å². The molecule has 2 aliphatic rings. The molecule has 2 aliphatic heterocycles. The van der Waals surface area contributed by atoms with Crippen molar-refractivity contribution in [3.8, 4) is 0 Å². The average molecular weight is 241 g/mol. The molecule has 0 bridgehead atoms. The Morgan fingerprint density at radius 1 is 1.65 bits per heavy atom. The van der Waals surface area contributed by atoms with E-state index in [2.05, 4.69) is 17.1 Å². The highest BCUT2D eigenvalue weighted by molar-refractivity contribution is 5.86. The zero-order valence-corrected chi connectivity index (χ0v) is 10.6. The van der Waals surface area contributed by atoms with Crippen molar-refractivity contribution in [3.63, 3.8) is 0 Å². The molecule has 5 nitrogen and oxygen atoms in total. The summed E-state index contributed by atoms with van der Waals surface area (Å²) in [7, 11) is 0. The van der Waals surface area contributed by atoms with Gasteiger partial charge in [-0.25, -0.2) is 0 Å². The van der Waals surface area contributed by atoms with E-state index in [1.165, 1.54) is 6.42 Å². The summed E-state index contributed by atoms with van der Waals surface area (Å²) in [4.78, 5) is 14.4. The number of hydrogen-bond acceptors (Lipinski definition) is 4. The Kier molecular flexibility index (Phi) is 4.01. The molecule has 2 saturated heterocycles. The van der Waals surface area contributed by atoms with Gasteiger partial charge >= 0.3 is 0 Å². The van der Waals surface area contributed by atoms with E-state index in [9.17, 15) is 4.79 Å². The van der Waals surface area contributed by atoms with Gasteiger partial charge in [-0.15, -0.1) is 0 Å². The normalized spacial score (nSPS) is 34.1. The highest BCUT2D eigenvalue weighted by Gasteiger charge is 2.38. The molecular weight excluding hydrogens is 218 g/mol. The number of hydrogen-bond donors (Lipinski definition) is 2. The van der Waals surface area contributed by atoms with E-state index in [1.807, 2.05) is 0 Å². The van der Waals surface area contributed by atoms with Crippen LogP contribution in [0.1, 0.15) is 19.8 Å². The van der Waals surface area contributed by atoms with Crippen LogP contribution in [0.5, 0.6) is 0 Å². The molecule has 1 amide bonds. The monoisotopic (exact) mass is 241 g/mol. The smallest absolute Gasteiger partial charge is 0.242 e. The zero-order valence-electron chi connectivity index (χ0n) is 10.6. The second kappa shape index (κ2) is 5.33. The number of rotatable bonds is 4. The Balaban J connectivity index is 1.73. The lowest BCUT2D eigenvalue weighted by molar-refractivity contribution is -0.126. The summed E-state index contributed by atoms with van der Waals surface area (Å²) in [5, 5.41) is 2.98. The summed E-state index contributed by atoms with van der Waals surface area (Å²) in [6, 6.07) is 0. The van der Waals surface area contributed by atoms with Crippen LogP contribution < -0.4 is 11.1 Å². The first-order chi connectivity index (χ1) is 8.14. The first kappa shape index (κ1) is 12.8. The van der Waals surface area contributed by atoms with Crippen LogP contribution in [0.3, 0.4) is 0 Å². The van der Waals surface area contributed by atoms with E-state index >= 15 is 0 Å². The van der Waals surface area contributed by atoms with E-state index in [-0.39, 0.29) is 5.91 Å². The molecule has 0 radical (unpaired) electrons. The van der Waals surface area contributed by atoms with Gasteiger partial charge in [0, 0.05) is 19.7 Å². The molecule has 2 fully saturated rings. The molecule has 0 aromatic rings. The third-order valence-electron chi connectivity index (χ3n) is 3.87. The van der Waals surface area contributed by atoms with Crippen molar-refractivity contribution in [1.29, 1.82) is 0 Å². The summed E-state index contributed by atoms with van der Waals surface area (Å²) in [5.74, 6) is 0.523. The molecule has 2 heterocycles. The minimum atomic E-state index is -0.789. The lowest BCUT2D eigenvalue weighted by atomic mass is 9.99. The predicted octanol–water partition coefficient (Wildman–Crippen LogP) is -0.438. The Labute approximate surface area is 103 Å². The molecular formula is C12H23N3O2. The van der Waals surface area contributed by atoms with Gasteiger partial charge in [-0.05, 0) is 31.8 Å². The fraction of sp³-hybridized carbons (Fsp3) is 0.917. The van der Waals surface area contributed by atoms with Gasteiger partial charge in [0.2, 0.25) is 5.91 Å². The van der Waals surface area contributed by atoms with Crippen LogP contribution in [0.25, 0.3) is 0 Å². The maximum atomic E-state index is 11.9. The molecule has 0 aliphatic carbocycles. The first-order valence-corrected chi connectivity index (χ1v) is 6.51. The van der Waals surface area contributed by atoms with Crippen LogP contribution in [-0.4, -0.2) is 55.7 Å². The van der Waals surface area contributed by atoms with Gasteiger partial charge in [-0.2, -0.15) is 0 Å². The molecule has 17 heavy (non-hydrogen) atoms. The topological polar surface area (TPSA) is 67.6 Å². The molecule has 2 atom stereocenters. The molecule has 0 saturated carbocycles. The second-order valence-electron chi connectivity index (χ2n) is 5.22. The van der Waals surface area contributed by atoms with Crippen LogP contribution >= 0.6 is 0 Å². The van der Waals surface area contributed by atoms with Crippen LogP contribution in [0.2, 0.25) is 0 Å². The molecule has 0 spiro atoms. The van der Waals surface area contributed by atoms with Crippen LogP contribution in [0.4, 0.5) is 0 Å². The number of likely N-dealkylation sites (tertiary alicyclic amines) is 1. The number of nitrogens with zero attached hydrogens (tertiary/aromatic N) is 1. The Bertz CT molecular complexity index is 277. The summed E-state index contributed by atoms with van der Waals surface area (Å²) in [6.07, 6.45) is 1.80.